The number of rotatable bonds is 6. The summed E-state index contributed by atoms with van der Waals surface area (Å²) in [4.78, 5) is 16.0. The Bertz CT molecular complexity index is 1320. The molecule has 2 fully saturated rings. The van der Waals surface area contributed by atoms with Crippen LogP contribution in [0.5, 0.6) is 17.2 Å². The van der Waals surface area contributed by atoms with E-state index in [4.69, 9.17) is 14.2 Å². The number of hydrogen-bond donors (Lipinski definition) is 0. The second kappa shape index (κ2) is 10.1. The Labute approximate surface area is 222 Å². The van der Waals surface area contributed by atoms with E-state index in [0.29, 0.717) is 22.0 Å². The molecular weight excluding hydrogens is 515 g/mol. The lowest BCUT2D eigenvalue weighted by atomic mass is 9.98. The molecule has 38 heavy (non-hydrogen) atoms. The van der Waals surface area contributed by atoms with Gasteiger partial charge in [-0.25, -0.2) is 0 Å². The predicted molar refractivity (Wildman–Crippen MR) is 137 cm³/mol. The van der Waals surface area contributed by atoms with Gasteiger partial charge in [-0.2, -0.15) is 13.2 Å². The summed E-state index contributed by atoms with van der Waals surface area (Å²) >= 11 is 1.34. The Morgan fingerprint density at radius 1 is 0.947 bits per heavy atom. The fraction of sp³-hybridized carbons (Fsp3) is 0.345. The van der Waals surface area contributed by atoms with E-state index >= 15 is 0 Å². The molecule has 3 heterocycles. The van der Waals surface area contributed by atoms with E-state index < -0.39 is 11.7 Å². The van der Waals surface area contributed by atoms with Crippen LogP contribution in [-0.2, 0) is 11.9 Å². The van der Waals surface area contributed by atoms with Gasteiger partial charge in [0.15, 0.2) is 11.5 Å². The molecule has 2 atom stereocenters. The normalized spacial score (nSPS) is 22.0. The number of nitrogens with zero attached hydrogens (tertiary/aromatic N) is 1. The number of carbonyl (C=O) groups excluding carboxylic acids is 1. The number of fused-ring (bicyclic) bond motifs is 3. The number of alkyl halides is 3. The molecule has 9 heteroatoms. The summed E-state index contributed by atoms with van der Waals surface area (Å²) in [5, 5.41) is 0. The average molecular weight is 542 g/mol. The second-order valence-corrected chi connectivity index (χ2v) is 10.9. The largest absolute Gasteiger partial charge is 0.490 e. The predicted octanol–water partition coefficient (Wildman–Crippen LogP) is 6.94. The molecule has 0 radical (unpaired) electrons. The Morgan fingerprint density at radius 2 is 1.68 bits per heavy atom. The minimum atomic E-state index is -4.36. The summed E-state index contributed by atoms with van der Waals surface area (Å²) in [6, 6.07) is 18.6. The number of benzene rings is 3. The fourth-order valence-electron chi connectivity index (χ4n) is 5.52. The van der Waals surface area contributed by atoms with Gasteiger partial charge < -0.3 is 19.1 Å². The maximum Gasteiger partial charge on any atom is 0.416 e. The lowest BCUT2D eigenvalue weighted by Crippen LogP contribution is -2.49. The van der Waals surface area contributed by atoms with Gasteiger partial charge in [0, 0.05) is 47.2 Å². The molecule has 2 unspecified atom stereocenters. The standard InChI is InChI=1S/C29H26F3NO4S/c30-29(31,32)20-2-1-3-25(12-20)38-16-18-4-6-19(7-5-18)28(34)33-21-8-9-22(33)14-24(13-21)37-23-10-11-26-27(15-23)36-17-35-26/h1-7,10-12,15,21-22,24H,8-9,13-14,16-17H2. The Kier molecular flexibility index (Phi) is 6.63. The van der Waals surface area contributed by atoms with Crippen LogP contribution in [0.2, 0.25) is 0 Å². The molecule has 3 aliphatic rings. The van der Waals surface area contributed by atoms with Crippen molar-refractivity contribution in [2.24, 2.45) is 0 Å². The molecule has 2 bridgehead atoms. The molecule has 3 aliphatic heterocycles. The number of ether oxygens (including phenoxy) is 3. The summed E-state index contributed by atoms with van der Waals surface area (Å²) in [5.41, 5.74) is 0.927. The van der Waals surface area contributed by atoms with Gasteiger partial charge in [0.05, 0.1) is 5.56 Å². The van der Waals surface area contributed by atoms with Crippen molar-refractivity contribution in [2.45, 2.75) is 60.7 Å². The Morgan fingerprint density at radius 3 is 2.42 bits per heavy atom. The van der Waals surface area contributed by atoms with E-state index in [0.717, 1.165) is 54.9 Å². The summed E-state index contributed by atoms with van der Waals surface area (Å²) in [6.45, 7) is 0.221. The summed E-state index contributed by atoms with van der Waals surface area (Å²) in [5.74, 6) is 2.70. The number of amides is 1. The third-order valence-corrected chi connectivity index (χ3v) is 8.40. The average Bonchev–Trinajstić information content (AvgIpc) is 3.48. The second-order valence-electron chi connectivity index (χ2n) is 9.83. The smallest absolute Gasteiger partial charge is 0.416 e. The number of halogens is 3. The van der Waals surface area contributed by atoms with Gasteiger partial charge in [-0.15, -0.1) is 11.8 Å². The van der Waals surface area contributed by atoms with E-state index in [9.17, 15) is 18.0 Å². The first kappa shape index (κ1) is 25.0. The lowest BCUT2D eigenvalue weighted by molar-refractivity contribution is -0.137. The Balaban J connectivity index is 1.06. The van der Waals surface area contributed by atoms with Crippen LogP contribution in [0.3, 0.4) is 0 Å². The first-order chi connectivity index (χ1) is 18.3. The molecule has 3 aromatic carbocycles. The van der Waals surface area contributed by atoms with Crippen LogP contribution in [-0.4, -0.2) is 35.8 Å². The topological polar surface area (TPSA) is 48.0 Å². The summed E-state index contributed by atoms with van der Waals surface area (Å²) < 4.78 is 56.0. The van der Waals surface area contributed by atoms with Crippen LogP contribution in [0.25, 0.3) is 0 Å². The maximum atomic E-state index is 13.4. The highest BCUT2D eigenvalue weighted by Gasteiger charge is 2.44. The molecule has 0 saturated carbocycles. The fourth-order valence-corrected chi connectivity index (χ4v) is 6.43. The minimum absolute atomic E-state index is 0.0242. The monoisotopic (exact) mass is 541 g/mol. The van der Waals surface area contributed by atoms with Crippen molar-refractivity contribution in [3.8, 4) is 17.2 Å². The quantitative estimate of drug-likeness (QED) is 0.317. The molecule has 5 nitrogen and oxygen atoms in total. The number of carbonyl (C=O) groups is 1. The molecule has 0 spiro atoms. The molecule has 0 aromatic heterocycles. The molecular formula is C29H26F3NO4S. The van der Waals surface area contributed by atoms with Crippen LogP contribution in [0.15, 0.2) is 71.6 Å². The van der Waals surface area contributed by atoms with Crippen molar-refractivity contribution in [1.82, 2.24) is 4.90 Å². The Hall–Kier alpha value is -3.33. The number of piperidine rings is 1. The molecule has 198 valence electrons. The SMILES string of the molecule is O=C(c1ccc(CSc2cccc(C(F)(F)F)c2)cc1)N1C2CCC1CC(Oc1ccc3c(c1)OCO3)C2. The zero-order valence-corrected chi connectivity index (χ0v) is 21.3. The van der Waals surface area contributed by atoms with E-state index in [-0.39, 0.29) is 30.9 Å². The molecule has 2 saturated heterocycles. The summed E-state index contributed by atoms with van der Waals surface area (Å²) in [6.07, 6.45) is -0.839. The highest BCUT2D eigenvalue weighted by molar-refractivity contribution is 7.98. The zero-order chi connectivity index (χ0) is 26.3. The summed E-state index contributed by atoms with van der Waals surface area (Å²) in [7, 11) is 0. The van der Waals surface area contributed by atoms with Crippen LogP contribution in [0, 0.1) is 0 Å². The third-order valence-electron chi connectivity index (χ3n) is 7.34. The van der Waals surface area contributed by atoms with Crippen molar-refractivity contribution < 1.29 is 32.2 Å². The van der Waals surface area contributed by atoms with E-state index in [2.05, 4.69) is 0 Å². The molecule has 1 amide bonds. The third kappa shape index (κ3) is 5.16. The van der Waals surface area contributed by atoms with E-state index in [1.807, 2.05) is 47.4 Å². The highest BCUT2D eigenvalue weighted by atomic mass is 32.2. The van der Waals surface area contributed by atoms with Crippen LogP contribution in [0.4, 0.5) is 13.2 Å². The van der Waals surface area contributed by atoms with Gasteiger partial charge in [0.2, 0.25) is 6.79 Å². The number of thioether (sulfide) groups is 1. The van der Waals surface area contributed by atoms with Gasteiger partial charge >= 0.3 is 6.18 Å². The van der Waals surface area contributed by atoms with Crippen LogP contribution >= 0.6 is 11.8 Å². The molecule has 3 aromatic rings. The van der Waals surface area contributed by atoms with Gasteiger partial charge in [-0.05, 0) is 60.9 Å². The maximum absolute atomic E-state index is 13.4. The highest BCUT2D eigenvalue weighted by Crippen LogP contribution is 2.40. The van der Waals surface area contributed by atoms with Crippen LogP contribution < -0.4 is 14.2 Å². The van der Waals surface area contributed by atoms with Gasteiger partial charge in [-0.1, -0.05) is 18.2 Å². The van der Waals surface area contributed by atoms with Gasteiger partial charge in [0.1, 0.15) is 11.9 Å². The van der Waals surface area contributed by atoms with Crippen molar-refractivity contribution >= 4 is 17.7 Å². The van der Waals surface area contributed by atoms with Crippen molar-refractivity contribution in [1.29, 1.82) is 0 Å². The van der Waals surface area contributed by atoms with Crippen molar-refractivity contribution in [3.63, 3.8) is 0 Å². The molecule has 6 rings (SSSR count). The zero-order valence-electron chi connectivity index (χ0n) is 20.4. The van der Waals surface area contributed by atoms with E-state index in [1.54, 1.807) is 6.07 Å². The van der Waals surface area contributed by atoms with Gasteiger partial charge in [-0.3, -0.25) is 4.79 Å². The first-order valence-corrected chi connectivity index (χ1v) is 13.6. The molecule has 0 aliphatic carbocycles. The minimum Gasteiger partial charge on any atom is -0.490 e. The van der Waals surface area contributed by atoms with Gasteiger partial charge in [0.25, 0.3) is 5.91 Å². The van der Waals surface area contributed by atoms with Crippen LogP contribution in [0.1, 0.15) is 47.2 Å². The van der Waals surface area contributed by atoms with Crippen molar-refractivity contribution in [2.75, 3.05) is 6.79 Å². The molecule has 0 N–H and O–H groups in total. The number of hydrogen-bond acceptors (Lipinski definition) is 5. The van der Waals surface area contributed by atoms with E-state index in [1.165, 1.54) is 17.8 Å². The first-order valence-electron chi connectivity index (χ1n) is 12.6. The lowest BCUT2D eigenvalue weighted by Gasteiger charge is -2.39. The van der Waals surface area contributed by atoms with Crippen molar-refractivity contribution in [3.05, 3.63) is 83.4 Å².